The van der Waals surface area contributed by atoms with Crippen molar-refractivity contribution in [1.82, 2.24) is 0 Å². The van der Waals surface area contributed by atoms with Crippen LogP contribution < -0.4 is 0 Å². The van der Waals surface area contributed by atoms with E-state index in [9.17, 15) is 0 Å². The zero-order chi connectivity index (χ0) is 27.4. The van der Waals surface area contributed by atoms with Crippen molar-refractivity contribution in [1.29, 1.82) is 0 Å². The van der Waals surface area contributed by atoms with Crippen molar-refractivity contribution >= 4 is 0 Å². The zero-order valence-corrected chi connectivity index (χ0v) is 25.8. The van der Waals surface area contributed by atoms with Crippen LogP contribution in [0.5, 0.6) is 0 Å². The molecule has 4 nitrogen and oxygen atoms in total. The molecule has 4 heteroatoms. The fourth-order valence-electron chi connectivity index (χ4n) is 4.85. The van der Waals surface area contributed by atoms with E-state index in [1.165, 1.54) is 77.0 Å². The van der Waals surface area contributed by atoms with Gasteiger partial charge < -0.3 is 18.9 Å². The maximum absolute atomic E-state index is 6.79. The Hall–Kier alpha value is -0.420. The zero-order valence-electron chi connectivity index (χ0n) is 25.8. The highest BCUT2D eigenvalue weighted by Gasteiger charge is 2.55. The second kappa shape index (κ2) is 27.6. The lowest BCUT2D eigenvalue weighted by molar-refractivity contribution is -0.447. The SMILES string of the molecule is C=CC.CCCCCCCCCCOC(CCC)(CCCCCCCC)C(OCC)(OCC)OCC. The van der Waals surface area contributed by atoms with Crippen molar-refractivity contribution in [3.8, 4) is 0 Å². The van der Waals surface area contributed by atoms with Crippen LogP contribution in [0.4, 0.5) is 0 Å². The average Bonchev–Trinajstić information content (AvgIpc) is 2.86. The topological polar surface area (TPSA) is 36.9 Å². The van der Waals surface area contributed by atoms with Gasteiger partial charge in [-0.15, -0.1) is 6.58 Å². The number of hydrogen-bond donors (Lipinski definition) is 0. The van der Waals surface area contributed by atoms with Gasteiger partial charge in [-0.05, 0) is 47.0 Å². The number of unbranched alkanes of at least 4 members (excludes halogenated alkanes) is 12. The maximum atomic E-state index is 6.79. The van der Waals surface area contributed by atoms with Crippen LogP contribution in [0.1, 0.15) is 158 Å². The quantitative estimate of drug-likeness (QED) is 0.0653. The first-order valence-electron chi connectivity index (χ1n) is 15.7. The molecule has 0 heterocycles. The fourth-order valence-corrected chi connectivity index (χ4v) is 4.85. The standard InChI is InChI=1S/C29H60O4.C3H6/c1-7-13-15-17-19-20-22-24-27-33-28(25-9-3,26-23-21-18-16-14-8-2)29(30-10-4,31-11-5)32-12-6;1-3-2/h7-27H2,1-6H3;3H,1H2,2H3. The Kier molecular flexibility index (Phi) is 28.9. The molecule has 0 aliphatic carbocycles. The molecule has 1 atom stereocenters. The van der Waals surface area contributed by atoms with Gasteiger partial charge in [0.15, 0.2) is 0 Å². The Morgan fingerprint density at radius 1 is 0.500 bits per heavy atom. The van der Waals surface area contributed by atoms with Crippen molar-refractivity contribution in [2.45, 2.75) is 169 Å². The Bertz CT molecular complexity index is 423. The minimum absolute atomic E-state index is 0.545. The molecule has 0 aliphatic rings. The van der Waals surface area contributed by atoms with Crippen LogP contribution in [0.3, 0.4) is 0 Å². The summed E-state index contributed by atoms with van der Waals surface area (Å²) in [4.78, 5) is 0. The molecule has 0 amide bonds. The summed E-state index contributed by atoms with van der Waals surface area (Å²) in [5.41, 5.74) is -0.560. The minimum Gasteiger partial charge on any atom is -0.367 e. The van der Waals surface area contributed by atoms with Gasteiger partial charge in [-0.1, -0.05) is 117 Å². The van der Waals surface area contributed by atoms with Crippen LogP contribution in [0.2, 0.25) is 0 Å². The number of allylic oxidation sites excluding steroid dienone is 1. The highest BCUT2D eigenvalue weighted by molar-refractivity contribution is 4.92. The van der Waals surface area contributed by atoms with Crippen LogP contribution in [-0.4, -0.2) is 38.0 Å². The largest absolute Gasteiger partial charge is 0.367 e. The fraction of sp³-hybridized carbons (Fsp3) is 0.938. The highest BCUT2D eigenvalue weighted by atomic mass is 16.9. The summed E-state index contributed by atoms with van der Waals surface area (Å²) in [5.74, 6) is -1.12. The predicted octanol–water partition coefficient (Wildman–Crippen LogP) is 10.4. The normalized spacial score (nSPS) is 13.2. The Morgan fingerprint density at radius 2 is 0.889 bits per heavy atom. The van der Waals surface area contributed by atoms with Gasteiger partial charge in [0, 0.05) is 26.4 Å². The van der Waals surface area contributed by atoms with Crippen LogP contribution in [0.25, 0.3) is 0 Å². The molecule has 36 heavy (non-hydrogen) atoms. The van der Waals surface area contributed by atoms with Crippen LogP contribution in [-0.2, 0) is 18.9 Å². The smallest absolute Gasteiger partial charge is 0.313 e. The molecule has 0 bridgehead atoms. The van der Waals surface area contributed by atoms with Gasteiger partial charge in [0.1, 0.15) is 5.60 Å². The molecule has 0 fully saturated rings. The van der Waals surface area contributed by atoms with E-state index in [0.29, 0.717) is 19.8 Å². The van der Waals surface area contributed by atoms with Crippen molar-refractivity contribution in [3.63, 3.8) is 0 Å². The van der Waals surface area contributed by atoms with Crippen LogP contribution in [0.15, 0.2) is 12.7 Å². The van der Waals surface area contributed by atoms with E-state index in [1.807, 2.05) is 27.7 Å². The average molecular weight is 515 g/mol. The second-order valence-electron chi connectivity index (χ2n) is 9.85. The lowest BCUT2D eigenvalue weighted by atomic mass is 9.87. The van der Waals surface area contributed by atoms with Crippen molar-refractivity contribution in [2.24, 2.45) is 0 Å². The predicted molar refractivity (Wildman–Crippen MR) is 158 cm³/mol. The van der Waals surface area contributed by atoms with Crippen molar-refractivity contribution < 1.29 is 18.9 Å². The second-order valence-corrected chi connectivity index (χ2v) is 9.85. The molecule has 0 aromatic heterocycles. The molecule has 0 saturated carbocycles. The third-order valence-corrected chi connectivity index (χ3v) is 6.53. The minimum atomic E-state index is -1.12. The highest BCUT2D eigenvalue weighted by Crippen LogP contribution is 2.41. The van der Waals surface area contributed by atoms with Gasteiger partial charge >= 0.3 is 5.97 Å². The molecule has 0 aliphatic heterocycles. The van der Waals surface area contributed by atoms with Gasteiger partial charge in [0.05, 0.1) is 0 Å². The lowest BCUT2D eigenvalue weighted by Gasteiger charge is -2.48. The Balaban J connectivity index is 0. The first kappa shape index (κ1) is 37.7. The van der Waals surface area contributed by atoms with E-state index < -0.39 is 11.6 Å². The molecular formula is C32H66O4. The first-order chi connectivity index (χ1) is 17.5. The molecule has 0 rings (SSSR count). The summed E-state index contributed by atoms with van der Waals surface area (Å²) in [6.45, 7) is 20.5. The molecule has 0 N–H and O–H groups in total. The molecule has 0 radical (unpaired) electrons. The third kappa shape index (κ3) is 17.2. The summed E-state index contributed by atoms with van der Waals surface area (Å²) in [6.07, 6.45) is 22.6. The van der Waals surface area contributed by atoms with Gasteiger partial charge in [0.2, 0.25) is 0 Å². The Labute approximate surface area is 227 Å². The lowest BCUT2D eigenvalue weighted by Crippen LogP contribution is -2.61. The molecule has 0 saturated heterocycles. The van der Waals surface area contributed by atoms with Gasteiger partial charge in [-0.3, -0.25) is 0 Å². The van der Waals surface area contributed by atoms with Crippen LogP contribution in [0, 0.1) is 0 Å². The van der Waals surface area contributed by atoms with Crippen LogP contribution >= 0.6 is 0 Å². The summed E-state index contributed by atoms with van der Waals surface area (Å²) >= 11 is 0. The van der Waals surface area contributed by atoms with E-state index in [2.05, 4.69) is 27.4 Å². The van der Waals surface area contributed by atoms with Crippen molar-refractivity contribution in [2.75, 3.05) is 26.4 Å². The number of ether oxygens (including phenoxy) is 4. The Morgan fingerprint density at radius 3 is 1.28 bits per heavy atom. The third-order valence-electron chi connectivity index (χ3n) is 6.53. The van der Waals surface area contributed by atoms with E-state index >= 15 is 0 Å². The number of hydrogen-bond acceptors (Lipinski definition) is 4. The molecule has 0 aromatic carbocycles. The van der Waals surface area contributed by atoms with E-state index in [1.54, 1.807) is 6.08 Å². The molecular weight excluding hydrogens is 448 g/mol. The van der Waals surface area contributed by atoms with Gasteiger partial charge in [0.25, 0.3) is 0 Å². The molecule has 218 valence electrons. The molecule has 0 spiro atoms. The van der Waals surface area contributed by atoms with E-state index in [-0.39, 0.29) is 0 Å². The monoisotopic (exact) mass is 514 g/mol. The maximum Gasteiger partial charge on any atom is 0.313 e. The van der Waals surface area contributed by atoms with Crippen molar-refractivity contribution in [3.05, 3.63) is 12.7 Å². The van der Waals surface area contributed by atoms with Gasteiger partial charge in [-0.2, -0.15) is 0 Å². The summed E-state index contributed by atoms with van der Waals surface area (Å²) in [5, 5.41) is 0. The number of rotatable bonds is 26. The summed E-state index contributed by atoms with van der Waals surface area (Å²) in [6, 6.07) is 0. The van der Waals surface area contributed by atoms with Gasteiger partial charge in [-0.25, -0.2) is 0 Å². The molecule has 1 unspecified atom stereocenters. The molecule has 0 aromatic rings. The first-order valence-corrected chi connectivity index (χ1v) is 15.7. The van der Waals surface area contributed by atoms with E-state index in [0.717, 1.165) is 38.7 Å². The van der Waals surface area contributed by atoms with E-state index in [4.69, 9.17) is 18.9 Å². The summed E-state index contributed by atoms with van der Waals surface area (Å²) in [7, 11) is 0. The summed E-state index contributed by atoms with van der Waals surface area (Å²) < 4.78 is 25.7.